The van der Waals surface area contributed by atoms with E-state index in [1.165, 1.54) is 6.07 Å². The highest BCUT2D eigenvalue weighted by molar-refractivity contribution is 7.91. The molecule has 3 rings (SSSR count). The minimum Gasteiger partial charge on any atom is -0.366 e. The molecule has 150 valence electrons. The Balaban J connectivity index is 1.52. The topological polar surface area (TPSA) is 65.0 Å². The molecule has 0 saturated carbocycles. The molecule has 0 amide bonds. The van der Waals surface area contributed by atoms with Gasteiger partial charge in [0.1, 0.15) is 5.82 Å². The van der Waals surface area contributed by atoms with Crippen molar-refractivity contribution >= 4 is 21.5 Å². The number of para-hydroxylation sites is 1. The van der Waals surface area contributed by atoms with Crippen molar-refractivity contribution in [3.8, 4) is 0 Å². The van der Waals surface area contributed by atoms with Gasteiger partial charge in [-0.25, -0.2) is 12.8 Å². The van der Waals surface area contributed by atoms with E-state index in [-0.39, 0.29) is 18.1 Å². The molecule has 1 aliphatic heterocycles. The van der Waals surface area contributed by atoms with Gasteiger partial charge in [0.05, 0.1) is 16.3 Å². The van der Waals surface area contributed by atoms with Gasteiger partial charge in [0, 0.05) is 39.8 Å². The van der Waals surface area contributed by atoms with E-state index in [1.54, 1.807) is 49.5 Å². The van der Waals surface area contributed by atoms with Crippen LogP contribution in [0.15, 0.2) is 64.5 Å². The van der Waals surface area contributed by atoms with Gasteiger partial charge < -0.3 is 15.1 Å². The molecule has 0 unspecified atom stereocenters. The normalized spacial score (nSPS) is 15.6. The van der Waals surface area contributed by atoms with Crippen LogP contribution in [0.1, 0.15) is 0 Å². The van der Waals surface area contributed by atoms with Crippen molar-refractivity contribution in [1.82, 2.24) is 10.2 Å². The van der Waals surface area contributed by atoms with Gasteiger partial charge in [-0.1, -0.05) is 30.3 Å². The standard InChI is InChI=1S/C20H25FN4O2S/c1-22-20(23-11-16-28(26,27)17-7-3-2-4-8-17)25-14-12-24(13-15-25)19-10-6-5-9-18(19)21/h2-10H,11-16H2,1H3,(H,22,23). The molecule has 1 fully saturated rings. The van der Waals surface area contributed by atoms with Crippen LogP contribution in [0.4, 0.5) is 10.1 Å². The number of sulfone groups is 1. The maximum Gasteiger partial charge on any atom is 0.193 e. The molecule has 0 aliphatic carbocycles. The number of hydrogen-bond acceptors (Lipinski definition) is 4. The smallest absolute Gasteiger partial charge is 0.193 e. The SMILES string of the molecule is CN=C(NCCS(=O)(=O)c1ccccc1)N1CCN(c2ccccc2F)CC1. The fourth-order valence-corrected chi connectivity index (χ4v) is 4.42. The summed E-state index contributed by atoms with van der Waals surface area (Å²) in [5.74, 6) is 0.437. The van der Waals surface area contributed by atoms with Crippen molar-refractivity contribution < 1.29 is 12.8 Å². The summed E-state index contributed by atoms with van der Waals surface area (Å²) >= 11 is 0. The van der Waals surface area contributed by atoms with Crippen molar-refractivity contribution in [1.29, 1.82) is 0 Å². The van der Waals surface area contributed by atoms with Gasteiger partial charge in [-0.3, -0.25) is 4.99 Å². The van der Waals surface area contributed by atoms with E-state index >= 15 is 0 Å². The fraction of sp³-hybridized carbons (Fsp3) is 0.350. The Hall–Kier alpha value is -2.61. The number of hydrogen-bond donors (Lipinski definition) is 1. The molecule has 0 radical (unpaired) electrons. The first kappa shape index (κ1) is 20.1. The second-order valence-electron chi connectivity index (χ2n) is 6.53. The van der Waals surface area contributed by atoms with Gasteiger partial charge in [-0.15, -0.1) is 0 Å². The first-order valence-corrected chi connectivity index (χ1v) is 10.9. The summed E-state index contributed by atoms with van der Waals surface area (Å²) in [7, 11) is -1.65. The van der Waals surface area contributed by atoms with Crippen molar-refractivity contribution in [2.45, 2.75) is 4.90 Å². The number of piperazine rings is 1. The molecule has 2 aromatic rings. The van der Waals surface area contributed by atoms with Gasteiger partial charge >= 0.3 is 0 Å². The Kier molecular flexibility index (Phi) is 6.51. The lowest BCUT2D eigenvalue weighted by atomic mass is 10.2. The van der Waals surface area contributed by atoms with Crippen LogP contribution in [-0.2, 0) is 9.84 Å². The number of rotatable bonds is 5. The fourth-order valence-electron chi connectivity index (χ4n) is 3.24. The van der Waals surface area contributed by atoms with E-state index in [0.717, 1.165) is 0 Å². The second-order valence-corrected chi connectivity index (χ2v) is 8.64. The number of anilines is 1. The molecule has 0 bridgehead atoms. The maximum absolute atomic E-state index is 14.0. The average molecular weight is 405 g/mol. The van der Waals surface area contributed by atoms with Crippen molar-refractivity contribution in [3.05, 3.63) is 60.4 Å². The number of halogens is 1. The quantitative estimate of drug-likeness (QED) is 0.610. The van der Waals surface area contributed by atoms with Gasteiger partial charge in [0.2, 0.25) is 0 Å². The second kappa shape index (κ2) is 9.05. The summed E-state index contributed by atoms with van der Waals surface area (Å²) in [6.45, 7) is 2.98. The highest BCUT2D eigenvalue weighted by Gasteiger charge is 2.22. The van der Waals surface area contributed by atoms with E-state index in [0.29, 0.717) is 42.7 Å². The van der Waals surface area contributed by atoms with E-state index in [2.05, 4.69) is 15.2 Å². The minimum absolute atomic E-state index is 0.00871. The van der Waals surface area contributed by atoms with Gasteiger partial charge in [-0.05, 0) is 24.3 Å². The Morgan fingerprint density at radius 1 is 1.04 bits per heavy atom. The number of nitrogens with one attached hydrogen (secondary N) is 1. The molecular formula is C20H25FN4O2S. The van der Waals surface area contributed by atoms with E-state index < -0.39 is 9.84 Å². The van der Waals surface area contributed by atoms with Crippen molar-refractivity contribution in [2.24, 2.45) is 4.99 Å². The third-order valence-corrected chi connectivity index (χ3v) is 6.47. The number of nitrogens with zero attached hydrogens (tertiary/aromatic N) is 3. The zero-order valence-electron chi connectivity index (χ0n) is 15.9. The molecule has 1 heterocycles. The first-order valence-electron chi connectivity index (χ1n) is 9.24. The summed E-state index contributed by atoms with van der Waals surface area (Å²) in [5.41, 5.74) is 0.610. The molecule has 0 aromatic heterocycles. The van der Waals surface area contributed by atoms with Crippen molar-refractivity contribution in [3.63, 3.8) is 0 Å². The molecule has 1 N–H and O–H groups in total. The number of aliphatic imine (C=N–C) groups is 1. The molecule has 2 aromatic carbocycles. The zero-order chi connectivity index (χ0) is 20.0. The minimum atomic E-state index is -3.33. The Morgan fingerprint density at radius 2 is 1.68 bits per heavy atom. The lowest BCUT2D eigenvalue weighted by Crippen LogP contribution is -2.53. The van der Waals surface area contributed by atoms with Crippen LogP contribution in [0.5, 0.6) is 0 Å². The van der Waals surface area contributed by atoms with E-state index in [1.807, 2.05) is 11.0 Å². The lowest BCUT2D eigenvalue weighted by molar-refractivity contribution is 0.372. The molecule has 1 saturated heterocycles. The molecule has 1 aliphatic rings. The first-order chi connectivity index (χ1) is 13.5. The van der Waals surface area contributed by atoms with E-state index in [4.69, 9.17) is 0 Å². The Morgan fingerprint density at radius 3 is 2.32 bits per heavy atom. The molecule has 28 heavy (non-hydrogen) atoms. The highest BCUT2D eigenvalue weighted by Crippen LogP contribution is 2.20. The third-order valence-electron chi connectivity index (χ3n) is 4.74. The zero-order valence-corrected chi connectivity index (χ0v) is 16.7. The van der Waals surface area contributed by atoms with Crippen LogP contribution in [0.25, 0.3) is 0 Å². The highest BCUT2D eigenvalue weighted by atomic mass is 32.2. The van der Waals surface area contributed by atoms with E-state index in [9.17, 15) is 12.8 Å². The molecule has 6 nitrogen and oxygen atoms in total. The van der Waals surface area contributed by atoms with Crippen molar-refractivity contribution in [2.75, 3.05) is 50.4 Å². The van der Waals surface area contributed by atoms with Crippen LogP contribution in [0.3, 0.4) is 0 Å². The predicted octanol–water partition coefficient (Wildman–Crippen LogP) is 2.00. The lowest BCUT2D eigenvalue weighted by Gasteiger charge is -2.37. The van der Waals surface area contributed by atoms with Gasteiger partial charge in [-0.2, -0.15) is 0 Å². The molecule has 0 spiro atoms. The number of guanidine groups is 1. The van der Waals surface area contributed by atoms with Crippen LogP contribution >= 0.6 is 0 Å². The van der Waals surface area contributed by atoms with Gasteiger partial charge in [0.25, 0.3) is 0 Å². The molecular weight excluding hydrogens is 379 g/mol. The molecule has 0 atom stereocenters. The van der Waals surface area contributed by atoms with Crippen LogP contribution in [0, 0.1) is 5.82 Å². The summed E-state index contributed by atoms with van der Waals surface area (Å²) in [5, 5.41) is 3.14. The predicted molar refractivity (Wildman–Crippen MR) is 110 cm³/mol. The van der Waals surface area contributed by atoms with Gasteiger partial charge in [0.15, 0.2) is 15.8 Å². The third kappa shape index (κ3) is 4.81. The summed E-state index contributed by atoms with van der Waals surface area (Å²) in [6, 6.07) is 15.2. The maximum atomic E-state index is 14.0. The Labute approximate surface area is 165 Å². The monoisotopic (exact) mass is 404 g/mol. The van der Waals surface area contributed by atoms with Crippen LogP contribution < -0.4 is 10.2 Å². The molecule has 8 heteroatoms. The summed E-state index contributed by atoms with van der Waals surface area (Å²) in [6.07, 6.45) is 0. The van der Waals surface area contributed by atoms with Crippen LogP contribution in [0.2, 0.25) is 0 Å². The Bertz CT molecular complexity index is 911. The summed E-state index contributed by atoms with van der Waals surface area (Å²) < 4.78 is 38.7. The largest absolute Gasteiger partial charge is 0.366 e. The number of benzene rings is 2. The average Bonchev–Trinajstić information content (AvgIpc) is 2.72. The van der Waals surface area contributed by atoms with Crippen LogP contribution in [-0.4, -0.2) is 64.8 Å². The summed E-state index contributed by atoms with van der Waals surface area (Å²) in [4.78, 5) is 8.66.